The van der Waals surface area contributed by atoms with Gasteiger partial charge in [0.05, 0.1) is 17.2 Å². The zero-order chi connectivity index (χ0) is 24.3. The number of nitrogens with zero attached hydrogens (tertiary/aromatic N) is 1. The first kappa shape index (κ1) is 23.8. The second kappa shape index (κ2) is 9.90. The Balaban J connectivity index is 1.56. The molecule has 3 aromatic carbocycles. The summed E-state index contributed by atoms with van der Waals surface area (Å²) in [5, 5.41) is 3.81. The molecular formula is C28H29ClN2O3. The standard InChI is InChI=1S/C28H29ClN2O3/c1-28(2,3)34-27(33)24-12-8-7-11-23(24)26(32)30-22-16-20-15-21(29)13-14-25(20)31(18-22)17-19-9-5-4-6-10-19/h4-15,22H,16-18H2,1-3H3,(H,30,32). The highest BCUT2D eigenvalue weighted by Gasteiger charge is 2.28. The minimum Gasteiger partial charge on any atom is -0.456 e. The van der Waals surface area contributed by atoms with Crippen molar-refractivity contribution in [3.63, 3.8) is 0 Å². The average Bonchev–Trinajstić information content (AvgIpc) is 2.78. The van der Waals surface area contributed by atoms with Crippen LogP contribution >= 0.6 is 11.6 Å². The molecule has 0 aliphatic carbocycles. The van der Waals surface area contributed by atoms with Crippen molar-refractivity contribution in [1.82, 2.24) is 5.32 Å². The van der Waals surface area contributed by atoms with E-state index in [1.807, 2.05) is 36.4 Å². The Morgan fingerprint density at radius 1 is 1.00 bits per heavy atom. The number of halogens is 1. The maximum absolute atomic E-state index is 13.3. The van der Waals surface area contributed by atoms with E-state index in [0.29, 0.717) is 23.6 Å². The van der Waals surface area contributed by atoms with Crippen LogP contribution in [0.25, 0.3) is 0 Å². The van der Waals surface area contributed by atoms with Crippen LogP contribution in [-0.2, 0) is 17.7 Å². The molecule has 1 heterocycles. The molecule has 1 aliphatic heterocycles. The summed E-state index contributed by atoms with van der Waals surface area (Å²) >= 11 is 6.28. The maximum Gasteiger partial charge on any atom is 0.339 e. The molecular weight excluding hydrogens is 448 g/mol. The third kappa shape index (κ3) is 5.78. The molecule has 1 N–H and O–H groups in total. The molecule has 1 atom stereocenters. The van der Waals surface area contributed by atoms with Crippen molar-refractivity contribution in [1.29, 1.82) is 0 Å². The first-order chi connectivity index (χ1) is 16.2. The third-order valence-electron chi connectivity index (χ3n) is 5.63. The van der Waals surface area contributed by atoms with Crippen molar-refractivity contribution in [2.75, 3.05) is 11.4 Å². The van der Waals surface area contributed by atoms with Crippen molar-refractivity contribution in [3.05, 3.63) is 100 Å². The van der Waals surface area contributed by atoms with Gasteiger partial charge in [0.2, 0.25) is 0 Å². The molecule has 4 rings (SSSR count). The number of hydrogen-bond acceptors (Lipinski definition) is 4. The molecule has 34 heavy (non-hydrogen) atoms. The van der Waals surface area contributed by atoms with Gasteiger partial charge in [0.15, 0.2) is 0 Å². The summed E-state index contributed by atoms with van der Waals surface area (Å²) in [5.74, 6) is -0.804. The quantitative estimate of drug-likeness (QED) is 0.483. The normalized spacial score (nSPS) is 15.4. The number of ether oxygens (including phenoxy) is 1. The molecule has 0 spiro atoms. The lowest BCUT2D eigenvalue weighted by Crippen LogP contribution is -2.48. The van der Waals surface area contributed by atoms with E-state index in [1.165, 1.54) is 5.56 Å². The molecule has 176 valence electrons. The number of carbonyl (C=O) groups is 2. The fourth-order valence-electron chi connectivity index (χ4n) is 4.23. The van der Waals surface area contributed by atoms with Gasteiger partial charge in [-0.05, 0) is 68.7 Å². The van der Waals surface area contributed by atoms with Gasteiger partial charge in [0, 0.05) is 23.8 Å². The molecule has 1 amide bonds. The number of fused-ring (bicyclic) bond motifs is 1. The topological polar surface area (TPSA) is 58.6 Å². The summed E-state index contributed by atoms with van der Waals surface area (Å²) in [6.07, 6.45) is 0.654. The predicted molar refractivity (Wildman–Crippen MR) is 136 cm³/mol. The highest BCUT2D eigenvalue weighted by Crippen LogP contribution is 2.31. The van der Waals surface area contributed by atoms with Gasteiger partial charge in [-0.25, -0.2) is 4.79 Å². The van der Waals surface area contributed by atoms with E-state index in [0.717, 1.165) is 17.8 Å². The number of amides is 1. The Kier molecular flexibility index (Phi) is 6.94. The minimum atomic E-state index is -0.648. The van der Waals surface area contributed by atoms with Gasteiger partial charge >= 0.3 is 5.97 Å². The number of hydrogen-bond donors (Lipinski definition) is 1. The molecule has 0 radical (unpaired) electrons. The van der Waals surface area contributed by atoms with Crippen LogP contribution in [0.3, 0.4) is 0 Å². The summed E-state index contributed by atoms with van der Waals surface area (Å²) in [4.78, 5) is 28.3. The van der Waals surface area contributed by atoms with Gasteiger partial charge < -0.3 is 15.0 Å². The van der Waals surface area contributed by atoms with Crippen molar-refractivity contribution in [2.45, 2.75) is 45.4 Å². The van der Waals surface area contributed by atoms with Crippen LogP contribution in [0, 0.1) is 0 Å². The van der Waals surface area contributed by atoms with Gasteiger partial charge in [-0.3, -0.25) is 4.79 Å². The van der Waals surface area contributed by atoms with E-state index in [2.05, 4.69) is 22.3 Å². The van der Waals surface area contributed by atoms with Crippen LogP contribution in [-0.4, -0.2) is 30.1 Å². The van der Waals surface area contributed by atoms with E-state index < -0.39 is 11.6 Å². The van der Waals surface area contributed by atoms with Gasteiger partial charge in [0.1, 0.15) is 5.60 Å². The Labute approximate surface area is 205 Å². The van der Waals surface area contributed by atoms with Gasteiger partial charge in [-0.1, -0.05) is 54.1 Å². The summed E-state index contributed by atoms with van der Waals surface area (Å²) < 4.78 is 5.51. The van der Waals surface area contributed by atoms with Gasteiger partial charge in [-0.2, -0.15) is 0 Å². The largest absolute Gasteiger partial charge is 0.456 e. The Morgan fingerprint density at radius 3 is 2.38 bits per heavy atom. The first-order valence-electron chi connectivity index (χ1n) is 11.4. The van der Waals surface area contributed by atoms with Crippen LogP contribution < -0.4 is 10.2 Å². The monoisotopic (exact) mass is 476 g/mol. The second-order valence-corrected chi connectivity index (χ2v) is 10.00. The Morgan fingerprint density at radius 2 is 1.68 bits per heavy atom. The summed E-state index contributed by atoms with van der Waals surface area (Å²) in [7, 11) is 0. The number of rotatable bonds is 5. The SMILES string of the molecule is CC(C)(C)OC(=O)c1ccccc1C(=O)NC1Cc2cc(Cl)ccc2N(Cc2ccccc2)C1. The van der Waals surface area contributed by atoms with Crippen molar-refractivity contribution in [3.8, 4) is 0 Å². The minimum absolute atomic E-state index is 0.145. The van der Waals surface area contributed by atoms with E-state index >= 15 is 0 Å². The molecule has 0 bridgehead atoms. The van der Waals surface area contributed by atoms with Crippen molar-refractivity contribution >= 4 is 29.2 Å². The molecule has 0 aromatic heterocycles. The molecule has 3 aromatic rings. The second-order valence-electron chi connectivity index (χ2n) is 9.56. The molecule has 0 saturated heterocycles. The van der Waals surface area contributed by atoms with Crippen molar-refractivity contribution < 1.29 is 14.3 Å². The molecule has 5 nitrogen and oxygen atoms in total. The fourth-order valence-corrected chi connectivity index (χ4v) is 4.42. The van der Waals surface area contributed by atoms with E-state index in [-0.39, 0.29) is 17.5 Å². The summed E-state index contributed by atoms with van der Waals surface area (Å²) in [5.41, 5.74) is 3.31. The lowest BCUT2D eigenvalue weighted by atomic mass is 9.96. The van der Waals surface area contributed by atoms with E-state index in [9.17, 15) is 9.59 Å². The summed E-state index contributed by atoms with van der Waals surface area (Å²) in [6.45, 7) is 6.78. The van der Waals surface area contributed by atoms with Crippen molar-refractivity contribution in [2.24, 2.45) is 0 Å². The average molecular weight is 477 g/mol. The smallest absolute Gasteiger partial charge is 0.339 e. The van der Waals surface area contributed by atoms with Crippen LogP contribution in [0.1, 0.15) is 52.6 Å². The number of esters is 1. The molecule has 0 saturated carbocycles. The lowest BCUT2D eigenvalue weighted by Gasteiger charge is -2.37. The maximum atomic E-state index is 13.3. The van der Waals surface area contributed by atoms with Gasteiger partial charge in [0.25, 0.3) is 5.91 Å². The van der Waals surface area contributed by atoms with E-state index in [4.69, 9.17) is 16.3 Å². The number of nitrogens with one attached hydrogen (secondary N) is 1. The van der Waals surface area contributed by atoms with Gasteiger partial charge in [-0.15, -0.1) is 0 Å². The number of carbonyl (C=O) groups excluding carboxylic acids is 2. The number of benzene rings is 3. The third-order valence-corrected chi connectivity index (χ3v) is 5.87. The van der Waals surface area contributed by atoms with E-state index in [1.54, 1.807) is 45.0 Å². The summed E-state index contributed by atoms with van der Waals surface area (Å²) in [6, 6.07) is 22.7. The molecule has 0 fully saturated rings. The zero-order valence-electron chi connectivity index (χ0n) is 19.7. The Hall–Kier alpha value is -3.31. The van der Waals surface area contributed by atoms with Crippen LogP contribution in [0.4, 0.5) is 5.69 Å². The number of anilines is 1. The van der Waals surface area contributed by atoms with Crippen LogP contribution in [0.5, 0.6) is 0 Å². The highest BCUT2D eigenvalue weighted by atomic mass is 35.5. The lowest BCUT2D eigenvalue weighted by molar-refractivity contribution is 0.00675. The highest BCUT2D eigenvalue weighted by molar-refractivity contribution is 6.30. The zero-order valence-corrected chi connectivity index (χ0v) is 20.4. The Bertz CT molecular complexity index is 1190. The first-order valence-corrected chi connectivity index (χ1v) is 11.8. The van der Waals surface area contributed by atoms with Crippen LogP contribution in [0.2, 0.25) is 5.02 Å². The fraction of sp³-hybridized carbons (Fsp3) is 0.286. The predicted octanol–water partition coefficient (Wildman–Crippen LogP) is 5.66. The molecule has 6 heteroatoms. The van der Waals surface area contributed by atoms with Crippen LogP contribution in [0.15, 0.2) is 72.8 Å². The molecule has 1 aliphatic rings. The molecule has 1 unspecified atom stereocenters.